The average molecular weight is 271 g/mol. The number of hydrogen-bond acceptors (Lipinski definition) is 3. The number of rotatable bonds is 4. The highest BCUT2D eigenvalue weighted by Crippen LogP contribution is 2.26. The normalized spacial score (nSPS) is 26.7. The highest BCUT2D eigenvalue weighted by Gasteiger charge is 2.30. The summed E-state index contributed by atoms with van der Waals surface area (Å²) in [5.74, 6) is 0.731. The molecular formula is C17H25N3. The monoisotopic (exact) mass is 271 g/mol. The van der Waals surface area contributed by atoms with Gasteiger partial charge in [-0.1, -0.05) is 37.3 Å². The number of nitrogens with zero attached hydrogens (tertiary/aromatic N) is 2. The van der Waals surface area contributed by atoms with E-state index in [1.54, 1.807) is 0 Å². The molecule has 0 aliphatic carbocycles. The van der Waals surface area contributed by atoms with Crippen molar-refractivity contribution >= 4 is 0 Å². The Hall–Kier alpha value is -1.37. The topological polar surface area (TPSA) is 53.0 Å². The molecule has 0 amide bonds. The maximum atomic E-state index is 9.49. The van der Waals surface area contributed by atoms with E-state index in [1.165, 1.54) is 12.8 Å². The molecule has 1 aliphatic heterocycles. The van der Waals surface area contributed by atoms with Crippen molar-refractivity contribution in [2.45, 2.75) is 44.7 Å². The van der Waals surface area contributed by atoms with Crippen LogP contribution in [0.1, 0.15) is 38.7 Å². The zero-order chi connectivity index (χ0) is 14.6. The summed E-state index contributed by atoms with van der Waals surface area (Å²) in [4.78, 5) is 2.48. The quantitative estimate of drug-likeness (QED) is 0.916. The lowest BCUT2D eigenvalue weighted by atomic mass is 9.87. The van der Waals surface area contributed by atoms with E-state index in [0.29, 0.717) is 12.5 Å². The third-order valence-electron chi connectivity index (χ3n) is 4.79. The van der Waals surface area contributed by atoms with Crippen LogP contribution in [0.4, 0.5) is 0 Å². The molecule has 1 heterocycles. The van der Waals surface area contributed by atoms with E-state index in [4.69, 9.17) is 5.73 Å². The fraction of sp³-hybridized carbons (Fsp3) is 0.588. The Bertz CT molecular complexity index is 465. The fourth-order valence-corrected chi connectivity index (χ4v) is 3.06. The molecule has 1 fully saturated rings. The van der Waals surface area contributed by atoms with Crippen molar-refractivity contribution in [1.82, 2.24) is 4.90 Å². The molecule has 1 saturated heterocycles. The number of likely N-dealkylation sites (tertiary alicyclic amines) is 1. The first-order chi connectivity index (χ1) is 9.57. The molecular weight excluding hydrogens is 246 g/mol. The molecule has 20 heavy (non-hydrogen) atoms. The Labute approximate surface area is 122 Å². The van der Waals surface area contributed by atoms with E-state index in [9.17, 15) is 5.26 Å². The van der Waals surface area contributed by atoms with E-state index in [2.05, 4.69) is 24.8 Å². The van der Waals surface area contributed by atoms with Crippen LogP contribution in [0.15, 0.2) is 30.3 Å². The smallest absolute Gasteiger partial charge is 0.131 e. The first-order valence-electron chi connectivity index (χ1n) is 7.56. The molecule has 108 valence electrons. The minimum absolute atomic E-state index is 0.586. The van der Waals surface area contributed by atoms with Crippen molar-refractivity contribution < 1.29 is 0 Å². The van der Waals surface area contributed by atoms with Gasteiger partial charge in [0.25, 0.3) is 0 Å². The Morgan fingerprint density at radius 1 is 1.35 bits per heavy atom. The van der Waals surface area contributed by atoms with Crippen molar-refractivity contribution in [1.29, 1.82) is 5.26 Å². The summed E-state index contributed by atoms with van der Waals surface area (Å²) in [5.41, 5.74) is 6.37. The molecule has 1 aromatic rings. The largest absolute Gasteiger partial charge is 0.310 e. The van der Waals surface area contributed by atoms with E-state index < -0.39 is 5.54 Å². The maximum absolute atomic E-state index is 9.49. The molecule has 3 atom stereocenters. The Kier molecular flexibility index (Phi) is 4.80. The van der Waals surface area contributed by atoms with Crippen LogP contribution >= 0.6 is 0 Å². The number of hydrogen-bond donors (Lipinski definition) is 1. The average Bonchev–Trinajstić information content (AvgIpc) is 2.49. The van der Waals surface area contributed by atoms with E-state index in [1.807, 2.05) is 30.3 Å². The van der Waals surface area contributed by atoms with Crippen molar-refractivity contribution in [3.63, 3.8) is 0 Å². The predicted octanol–water partition coefficient (Wildman–Crippen LogP) is 2.87. The summed E-state index contributed by atoms with van der Waals surface area (Å²) in [5, 5.41) is 9.49. The second-order valence-corrected chi connectivity index (χ2v) is 6.10. The van der Waals surface area contributed by atoms with Crippen LogP contribution in [0.3, 0.4) is 0 Å². The summed E-state index contributed by atoms with van der Waals surface area (Å²) in [6.45, 7) is 6.62. The van der Waals surface area contributed by atoms with Gasteiger partial charge in [-0.3, -0.25) is 0 Å². The standard InChI is InChI=1S/C17H25N3/c1-14-7-6-11-20(15(14)2)12-10-17(19,13-18)16-8-4-3-5-9-16/h3-5,8-9,14-15H,6-7,10-12,19H2,1-2H3. The molecule has 3 nitrogen and oxygen atoms in total. The second kappa shape index (κ2) is 6.39. The number of piperidine rings is 1. The Balaban J connectivity index is 2.03. The summed E-state index contributed by atoms with van der Waals surface area (Å²) in [6.07, 6.45) is 3.24. The third-order valence-corrected chi connectivity index (χ3v) is 4.79. The maximum Gasteiger partial charge on any atom is 0.131 e. The van der Waals surface area contributed by atoms with Crippen LogP contribution in [0.5, 0.6) is 0 Å². The lowest BCUT2D eigenvalue weighted by Gasteiger charge is -2.39. The van der Waals surface area contributed by atoms with Gasteiger partial charge in [0.2, 0.25) is 0 Å². The summed E-state index contributed by atoms with van der Waals surface area (Å²) in [7, 11) is 0. The van der Waals surface area contributed by atoms with Crippen molar-refractivity contribution in [3.8, 4) is 6.07 Å². The number of nitrogens with two attached hydrogens (primary N) is 1. The van der Waals surface area contributed by atoms with E-state index in [-0.39, 0.29) is 0 Å². The van der Waals surface area contributed by atoms with Crippen molar-refractivity contribution in [2.75, 3.05) is 13.1 Å². The Morgan fingerprint density at radius 3 is 2.70 bits per heavy atom. The zero-order valence-corrected chi connectivity index (χ0v) is 12.5. The molecule has 3 unspecified atom stereocenters. The van der Waals surface area contributed by atoms with Crippen LogP contribution in [0.25, 0.3) is 0 Å². The molecule has 2 rings (SSSR count). The van der Waals surface area contributed by atoms with Gasteiger partial charge in [0.1, 0.15) is 5.54 Å². The molecule has 0 saturated carbocycles. The van der Waals surface area contributed by atoms with E-state index >= 15 is 0 Å². The van der Waals surface area contributed by atoms with Crippen molar-refractivity contribution in [3.05, 3.63) is 35.9 Å². The van der Waals surface area contributed by atoms with Gasteiger partial charge in [0, 0.05) is 12.6 Å². The number of nitriles is 1. The highest BCUT2D eigenvalue weighted by atomic mass is 15.2. The number of benzene rings is 1. The van der Waals surface area contributed by atoms with Gasteiger partial charge < -0.3 is 10.6 Å². The molecule has 0 aromatic heterocycles. The van der Waals surface area contributed by atoms with Gasteiger partial charge >= 0.3 is 0 Å². The first kappa shape index (κ1) is 15.0. The van der Waals surface area contributed by atoms with Gasteiger partial charge in [0.05, 0.1) is 6.07 Å². The van der Waals surface area contributed by atoms with Crippen molar-refractivity contribution in [2.24, 2.45) is 11.7 Å². The molecule has 3 heteroatoms. The molecule has 1 aliphatic rings. The molecule has 2 N–H and O–H groups in total. The van der Waals surface area contributed by atoms with Crippen LogP contribution in [0.2, 0.25) is 0 Å². The van der Waals surface area contributed by atoms with Crippen LogP contribution in [0, 0.1) is 17.2 Å². The predicted molar refractivity (Wildman–Crippen MR) is 82.0 cm³/mol. The summed E-state index contributed by atoms with van der Waals surface area (Å²) < 4.78 is 0. The lowest BCUT2D eigenvalue weighted by molar-refractivity contribution is 0.107. The van der Waals surface area contributed by atoms with Crippen LogP contribution in [-0.4, -0.2) is 24.0 Å². The lowest BCUT2D eigenvalue weighted by Crippen LogP contribution is -2.46. The van der Waals surface area contributed by atoms with Gasteiger partial charge in [-0.2, -0.15) is 5.26 Å². The first-order valence-corrected chi connectivity index (χ1v) is 7.56. The van der Waals surface area contributed by atoms with Crippen LogP contribution < -0.4 is 5.73 Å². The fourth-order valence-electron chi connectivity index (χ4n) is 3.06. The summed E-state index contributed by atoms with van der Waals surface area (Å²) >= 11 is 0. The SMILES string of the molecule is CC1CCCN(CCC(N)(C#N)c2ccccc2)C1C. The zero-order valence-electron chi connectivity index (χ0n) is 12.5. The minimum Gasteiger partial charge on any atom is -0.310 e. The second-order valence-electron chi connectivity index (χ2n) is 6.10. The van der Waals surface area contributed by atoms with Gasteiger partial charge in [-0.15, -0.1) is 0 Å². The Morgan fingerprint density at radius 2 is 2.05 bits per heavy atom. The molecule has 0 radical (unpaired) electrons. The molecule has 1 aromatic carbocycles. The van der Waals surface area contributed by atoms with Crippen LogP contribution in [-0.2, 0) is 5.54 Å². The third kappa shape index (κ3) is 3.20. The van der Waals surface area contributed by atoms with Gasteiger partial charge in [-0.25, -0.2) is 0 Å². The molecule has 0 spiro atoms. The molecule has 0 bridgehead atoms. The summed E-state index contributed by atoms with van der Waals surface area (Å²) in [6, 6.07) is 12.6. The minimum atomic E-state index is -0.873. The van der Waals surface area contributed by atoms with Gasteiger partial charge in [0.15, 0.2) is 0 Å². The van der Waals surface area contributed by atoms with E-state index in [0.717, 1.165) is 24.6 Å². The van der Waals surface area contributed by atoms with Gasteiger partial charge in [-0.05, 0) is 44.2 Å². The highest BCUT2D eigenvalue weighted by molar-refractivity contribution is 5.30.